The van der Waals surface area contributed by atoms with Crippen molar-refractivity contribution >= 4 is 28.2 Å². The average Bonchev–Trinajstić information content (AvgIpc) is 3.19. The third-order valence-electron chi connectivity index (χ3n) is 5.41. The summed E-state index contributed by atoms with van der Waals surface area (Å²) in [6.45, 7) is 5.32. The molecule has 0 spiro atoms. The number of pyridine rings is 2. The number of amides is 1. The third kappa shape index (κ3) is 3.68. The summed E-state index contributed by atoms with van der Waals surface area (Å²) < 4.78 is 0. The van der Waals surface area contributed by atoms with Crippen LogP contribution < -0.4 is 10.2 Å². The van der Waals surface area contributed by atoms with Gasteiger partial charge in [-0.05, 0) is 44.5 Å². The molecule has 4 rings (SSSR count). The van der Waals surface area contributed by atoms with Crippen LogP contribution >= 0.6 is 0 Å². The van der Waals surface area contributed by atoms with Crippen molar-refractivity contribution in [3.05, 3.63) is 60.6 Å². The molecular weight excluding hydrogens is 352 g/mol. The fraction of sp³-hybridized carbons (Fsp3) is 0.318. The van der Waals surface area contributed by atoms with Gasteiger partial charge in [0.15, 0.2) is 0 Å². The molecule has 2 aromatic heterocycles. The number of hydrogen-bond acceptors (Lipinski definition) is 5. The molecule has 0 bridgehead atoms. The maximum atomic E-state index is 12.8. The number of fused-ring (bicyclic) bond motifs is 1. The van der Waals surface area contributed by atoms with Crippen LogP contribution in [0, 0.1) is 5.92 Å². The molecule has 3 aromatic rings. The van der Waals surface area contributed by atoms with Crippen LogP contribution in [0.1, 0.15) is 30.8 Å². The Morgan fingerprint density at radius 2 is 2.00 bits per heavy atom. The van der Waals surface area contributed by atoms with E-state index in [1.165, 1.54) is 0 Å². The van der Waals surface area contributed by atoms with Crippen molar-refractivity contribution in [3.8, 4) is 0 Å². The molecule has 0 aliphatic carbocycles. The van der Waals surface area contributed by atoms with Gasteiger partial charge in [-0.25, -0.2) is 0 Å². The molecule has 3 heterocycles. The zero-order chi connectivity index (χ0) is 19.7. The van der Waals surface area contributed by atoms with E-state index in [9.17, 15) is 9.90 Å². The van der Waals surface area contributed by atoms with Gasteiger partial charge in [-0.1, -0.05) is 18.2 Å². The predicted molar refractivity (Wildman–Crippen MR) is 111 cm³/mol. The van der Waals surface area contributed by atoms with Crippen LogP contribution in [-0.4, -0.2) is 39.7 Å². The molecule has 0 saturated carbocycles. The second-order valence-corrected chi connectivity index (χ2v) is 7.82. The van der Waals surface area contributed by atoms with Gasteiger partial charge in [0, 0.05) is 42.5 Å². The molecule has 1 aromatic carbocycles. The lowest BCUT2D eigenvalue weighted by Gasteiger charge is -2.26. The number of anilines is 2. The zero-order valence-corrected chi connectivity index (χ0v) is 16.1. The first-order valence-corrected chi connectivity index (χ1v) is 9.50. The van der Waals surface area contributed by atoms with Gasteiger partial charge in [0.2, 0.25) is 0 Å². The molecule has 1 aliphatic rings. The van der Waals surface area contributed by atoms with Crippen LogP contribution in [0.15, 0.2) is 54.9 Å². The highest BCUT2D eigenvalue weighted by Crippen LogP contribution is 2.30. The molecular formula is C22H24N4O2. The molecule has 1 fully saturated rings. The van der Waals surface area contributed by atoms with Crippen molar-refractivity contribution in [1.29, 1.82) is 0 Å². The number of hydrogen-bond donors (Lipinski definition) is 2. The molecule has 28 heavy (non-hydrogen) atoms. The summed E-state index contributed by atoms with van der Waals surface area (Å²) in [5.41, 5.74) is 2.02. The van der Waals surface area contributed by atoms with E-state index in [4.69, 9.17) is 0 Å². The Kier molecular flexibility index (Phi) is 4.73. The van der Waals surface area contributed by atoms with Gasteiger partial charge in [0.25, 0.3) is 5.91 Å². The Morgan fingerprint density at radius 3 is 2.79 bits per heavy atom. The molecule has 1 saturated heterocycles. The highest BCUT2D eigenvalue weighted by Gasteiger charge is 2.33. The molecule has 1 amide bonds. The number of para-hydroxylation sites is 1. The summed E-state index contributed by atoms with van der Waals surface area (Å²) in [6, 6.07) is 13.2. The van der Waals surface area contributed by atoms with E-state index >= 15 is 0 Å². The molecule has 6 nitrogen and oxygen atoms in total. The molecule has 2 N–H and O–H groups in total. The van der Waals surface area contributed by atoms with Crippen LogP contribution in [0.5, 0.6) is 0 Å². The predicted octanol–water partition coefficient (Wildman–Crippen LogP) is 3.48. The first kappa shape index (κ1) is 18.4. The smallest absolute Gasteiger partial charge is 0.274 e. The van der Waals surface area contributed by atoms with E-state index in [1.807, 2.05) is 50.2 Å². The van der Waals surface area contributed by atoms with E-state index in [-0.39, 0.29) is 11.8 Å². The van der Waals surface area contributed by atoms with E-state index in [0.29, 0.717) is 11.4 Å². The maximum Gasteiger partial charge on any atom is 0.274 e. The molecule has 1 atom stereocenters. The second kappa shape index (κ2) is 7.20. The first-order chi connectivity index (χ1) is 13.4. The van der Waals surface area contributed by atoms with Crippen molar-refractivity contribution in [2.45, 2.75) is 25.9 Å². The summed E-state index contributed by atoms with van der Waals surface area (Å²) in [5.74, 6) is -0.0575. The topological polar surface area (TPSA) is 78.3 Å². The number of aromatic nitrogens is 2. The van der Waals surface area contributed by atoms with Gasteiger partial charge in [-0.2, -0.15) is 0 Å². The zero-order valence-electron chi connectivity index (χ0n) is 16.1. The first-order valence-electron chi connectivity index (χ1n) is 9.50. The largest absolute Gasteiger partial charge is 0.390 e. The van der Waals surface area contributed by atoms with Crippen molar-refractivity contribution < 1.29 is 9.90 Å². The number of rotatable bonds is 4. The van der Waals surface area contributed by atoms with Crippen LogP contribution in [0.2, 0.25) is 0 Å². The van der Waals surface area contributed by atoms with Gasteiger partial charge in [-0.15, -0.1) is 0 Å². The Labute approximate surface area is 164 Å². The second-order valence-electron chi connectivity index (χ2n) is 7.82. The quantitative estimate of drug-likeness (QED) is 0.729. The van der Waals surface area contributed by atoms with E-state index < -0.39 is 5.60 Å². The van der Waals surface area contributed by atoms with Crippen molar-refractivity contribution in [2.75, 3.05) is 23.3 Å². The summed E-state index contributed by atoms with van der Waals surface area (Å²) in [5, 5.41) is 14.2. The lowest BCUT2D eigenvalue weighted by molar-refractivity contribution is 0.0263. The van der Waals surface area contributed by atoms with Gasteiger partial charge in [0.05, 0.1) is 16.8 Å². The fourth-order valence-electron chi connectivity index (χ4n) is 3.70. The molecule has 144 valence electrons. The Bertz CT molecular complexity index is 1010. The standard InChI is InChI=1S/C22H24N4O2/c1-22(2,28)16-9-12-26(14-16)17-8-11-23-19(13-17)21(27)25-18-7-3-5-15-6-4-10-24-20(15)18/h3-8,10-11,13,16,28H,9,12,14H2,1-2H3,(H,25,27)/t16-/m1/s1. The monoisotopic (exact) mass is 376 g/mol. The lowest BCUT2D eigenvalue weighted by Crippen LogP contribution is -2.33. The highest BCUT2D eigenvalue weighted by molar-refractivity contribution is 6.07. The van der Waals surface area contributed by atoms with E-state index in [0.717, 1.165) is 36.1 Å². The minimum atomic E-state index is -0.705. The van der Waals surface area contributed by atoms with Crippen molar-refractivity contribution in [1.82, 2.24) is 9.97 Å². The minimum Gasteiger partial charge on any atom is -0.390 e. The van der Waals surface area contributed by atoms with Crippen molar-refractivity contribution in [2.24, 2.45) is 5.92 Å². The van der Waals surface area contributed by atoms with Crippen LogP contribution in [0.4, 0.5) is 11.4 Å². The normalized spacial score (nSPS) is 17.1. The number of carbonyl (C=O) groups is 1. The molecule has 6 heteroatoms. The Morgan fingerprint density at radius 1 is 1.18 bits per heavy atom. The van der Waals surface area contributed by atoms with Gasteiger partial charge in [0.1, 0.15) is 5.69 Å². The summed E-state index contributed by atoms with van der Waals surface area (Å²) in [7, 11) is 0. The van der Waals surface area contributed by atoms with Crippen LogP contribution in [-0.2, 0) is 0 Å². The minimum absolute atomic E-state index is 0.208. The molecule has 1 aliphatic heterocycles. The number of benzene rings is 1. The third-order valence-corrected chi connectivity index (χ3v) is 5.41. The van der Waals surface area contributed by atoms with Crippen molar-refractivity contribution in [3.63, 3.8) is 0 Å². The Balaban J connectivity index is 1.54. The SMILES string of the molecule is CC(C)(O)[C@@H]1CCN(c2ccnc(C(=O)Nc3cccc4cccnc34)c2)C1. The van der Waals surface area contributed by atoms with E-state index in [1.54, 1.807) is 18.5 Å². The lowest BCUT2D eigenvalue weighted by atomic mass is 9.90. The number of nitrogens with one attached hydrogen (secondary N) is 1. The molecule has 0 radical (unpaired) electrons. The number of aliphatic hydroxyl groups is 1. The van der Waals surface area contributed by atoms with Gasteiger partial charge < -0.3 is 15.3 Å². The number of carbonyl (C=O) groups excluding carboxylic acids is 1. The van der Waals surface area contributed by atoms with Crippen LogP contribution in [0.25, 0.3) is 10.9 Å². The summed E-state index contributed by atoms with van der Waals surface area (Å²) in [4.78, 5) is 23.6. The summed E-state index contributed by atoms with van der Waals surface area (Å²) in [6.07, 6.45) is 4.29. The fourth-order valence-corrected chi connectivity index (χ4v) is 3.70. The van der Waals surface area contributed by atoms with Gasteiger partial charge in [-0.3, -0.25) is 14.8 Å². The Hall–Kier alpha value is -2.99. The summed E-state index contributed by atoms with van der Waals surface area (Å²) >= 11 is 0. The van der Waals surface area contributed by atoms with Crippen LogP contribution in [0.3, 0.4) is 0 Å². The molecule has 0 unspecified atom stereocenters. The van der Waals surface area contributed by atoms with E-state index in [2.05, 4.69) is 20.2 Å². The highest BCUT2D eigenvalue weighted by atomic mass is 16.3. The maximum absolute atomic E-state index is 12.8. The van der Waals surface area contributed by atoms with Gasteiger partial charge >= 0.3 is 0 Å². The number of nitrogens with zero attached hydrogens (tertiary/aromatic N) is 3. The average molecular weight is 376 g/mol.